The molecule has 0 heterocycles. The van der Waals surface area contributed by atoms with Gasteiger partial charge in [-0.25, -0.2) is 9.59 Å². The number of anilines is 2. The lowest BCUT2D eigenvalue weighted by atomic mass is 10.1. The average molecular weight is 398 g/mol. The van der Waals surface area contributed by atoms with Gasteiger partial charge in [-0.3, -0.25) is 9.59 Å². The van der Waals surface area contributed by atoms with E-state index in [-0.39, 0.29) is 30.3 Å². The molecule has 2 aromatic rings. The number of ether oxygens (including phenoxy) is 2. The Labute approximate surface area is 168 Å². The fourth-order valence-electron chi connectivity index (χ4n) is 2.68. The number of methoxy groups -OCH3 is 2. The average Bonchev–Trinajstić information content (AvgIpc) is 2.73. The summed E-state index contributed by atoms with van der Waals surface area (Å²) in [5.41, 5.74) is 1.49. The molecule has 0 aliphatic rings. The van der Waals surface area contributed by atoms with E-state index in [0.29, 0.717) is 16.9 Å². The zero-order valence-corrected chi connectivity index (χ0v) is 16.4. The number of rotatable bonds is 7. The summed E-state index contributed by atoms with van der Waals surface area (Å²) in [5.74, 6) is -1.67. The molecule has 0 unspecified atom stereocenters. The summed E-state index contributed by atoms with van der Waals surface area (Å²) in [6.45, 7) is 1.44. The number of para-hydroxylation sites is 1. The Kier molecular flexibility index (Phi) is 7.47. The summed E-state index contributed by atoms with van der Waals surface area (Å²) in [4.78, 5) is 49.2. The van der Waals surface area contributed by atoms with Crippen LogP contribution in [0.3, 0.4) is 0 Å². The van der Waals surface area contributed by atoms with Crippen LogP contribution in [-0.4, -0.2) is 44.5 Å². The normalized spacial score (nSPS) is 10.0. The van der Waals surface area contributed by atoms with Crippen LogP contribution in [0.15, 0.2) is 48.5 Å². The van der Waals surface area contributed by atoms with Crippen molar-refractivity contribution in [1.29, 1.82) is 0 Å². The topological polar surface area (TPSA) is 102 Å². The van der Waals surface area contributed by atoms with E-state index < -0.39 is 11.9 Å². The SMILES string of the molecule is COC(=O)c1ccc(NC(=O)CCN(C(C)=O)c2ccccc2C(=O)OC)cc1. The van der Waals surface area contributed by atoms with Gasteiger partial charge in [0.05, 0.1) is 31.0 Å². The summed E-state index contributed by atoms with van der Waals surface area (Å²) in [6.07, 6.45) is 0.00778. The Hall–Kier alpha value is -3.68. The molecule has 0 saturated heterocycles. The van der Waals surface area contributed by atoms with Gasteiger partial charge in [-0.05, 0) is 36.4 Å². The molecule has 8 nitrogen and oxygen atoms in total. The van der Waals surface area contributed by atoms with Crippen LogP contribution in [-0.2, 0) is 19.1 Å². The van der Waals surface area contributed by atoms with E-state index in [1.165, 1.54) is 38.2 Å². The van der Waals surface area contributed by atoms with E-state index in [0.717, 1.165) is 0 Å². The van der Waals surface area contributed by atoms with Crippen molar-refractivity contribution in [3.63, 3.8) is 0 Å². The second kappa shape index (κ2) is 10.0. The Morgan fingerprint density at radius 2 is 1.52 bits per heavy atom. The van der Waals surface area contributed by atoms with Crippen molar-refractivity contribution in [2.45, 2.75) is 13.3 Å². The molecule has 2 amide bonds. The van der Waals surface area contributed by atoms with Crippen molar-refractivity contribution < 1.29 is 28.7 Å². The number of carbonyl (C=O) groups is 4. The molecule has 0 bridgehead atoms. The van der Waals surface area contributed by atoms with Crippen LogP contribution >= 0.6 is 0 Å². The molecule has 2 aromatic carbocycles. The quantitative estimate of drug-likeness (QED) is 0.720. The van der Waals surface area contributed by atoms with E-state index in [9.17, 15) is 19.2 Å². The van der Waals surface area contributed by atoms with E-state index in [4.69, 9.17) is 4.74 Å². The second-order valence-corrected chi connectivity index (χ2v) is 6.05. The molecule has 0 radical (unpaired) electrons. The number of nitrogens with one attached hydrogen (secondary N) is 1. The number of amides is 2. The lowest BCUT2D eigenvalue weighted by Gasteiger charge is -2.23. The Balaban J connectivity index is 2.06. The number of hydrogen-bond donors (Lipinski definition) is 1. The molecule has 29 heavy (non-hydrogen) atoms. The summed E-state index contributed by atoms with van der Waals surface area (Å²) < 4.78 is 9.38. The van der Waals surface area contributed by atoms with Gasteiger partial charge < -0.3 is 19.7 Å². The fourth-order valence-corrected chi connectivity index (χ4v) is 2.68. The predicted molar refractivity (Wildman–Crippen MR) is 107 cm³/mol. The predicted octanol–water partition coefficient (Wildman–Crippen LogP) is 2.64. The molecule has 0 aliphatic heterocycles. The van der Waals surface area contributed by atoms with Crippen LogP contribution in [0, 0.1) is 0 Å². The molecule has 2 rings (SSSR count). The molecular weight excluding hydrogens is 376 g/mol. The largest absolute Gasteiger partial charge is 0.465 e. The van der Waals surface area contributed by atoms with E-state index >= 15 is 0 Å². The van der Waals surface area contributed by atoms with Crippen molar-refractivity contribution >= 4 is 35.1 Å². The van der Waals surface area contributed by atoms with Crippen LogP contribution < -0.4 is 10.2 Å². The summed E-state index contributed by atoms with van der Waals surface area (Å²) in [5, 5.41) is 2.70. The third kappa shape index (κ3) is 5.65. The van der Waals surface area contributed by atoms with Gasteiger partial charge in [0, 0.05) is 25.6 Å². The highest BCUT2D eigenvalue weighted by molar-refractivity contribution is 6.02. The van der Waals surface area contributed by atoms with Crippen molar-refractivity contribution in [1.82, 2.24) is 0 Å². The molecule has 0 aliphatic carbocycles. The van der Waals surface area contributed by atoms with E-state index in [1.54, 1.807) is 36.4 Å². The molecule has 1 N–H and O–H groups in total. The number of benzene rings is 2. The highest BCUT2D eigenvalue weighted by Crippen LogP contribution is 2.22. The van der Waals surface area contributed by atoms with Gasteiger partial charge in [0.2, 0.25) is 11.8 Å². The molecule has 0 saturated carbocycles. The minimum atomic E-state index is -0.568. The number of nitrogens with zero attached hydrogens (tertiary/aromatic N) is 1. The molecule has 152 valence electrons. The fraction of sp³-hybridized carbons (Fsp3) is 0.238. The third-order valence-electron chi connectivity index (χ3n) is 4.13. The Bertz CT molecular complexity index is 908. The van der Waals surface area contributed by atoms with E-state index in [2.05, 4.69) is 10.1 Å². The molecule has 8 heteroatoms. The second-order valence-electron chi connectivity index (χ2n) is 6.05. The first-order chi connectivity index (χ1) is 13.9. The monoisotopic (exact) mass is 398 g/mol. The molecule has 0 fully saturated rings. The first-order valence-corrected chi connectivity index (χ1v) is 8.81. The smallest absolute Gasteiger partial charge is 0.339 e. The highest BCUT2D eigenvalue weighted by atomic mass is 16.5. The van der Waals surface area contributed by atoms with Gasteiger partial charge >= 0.3 is 11.9 Å². The van der Waals surface area contributed by atoms with Gasteiger partial charge in [0.1, 0.15) is 0 Å². The van der Waals surface area contributed by atoms with Gasteiger partial charge in [-0.15, -0.1) is 0 Å². The lowest BCUT2D eigenvalue weighted by molar-refractivity contribution is -0.117. The van der Waals surface area contributed by atoms with Crippen LogP contribution in [0.2, 0.25) is 0 Å². The van der Waals surface area contributed by atoms with Crippen LogP contribution in [0.1, 0.15) is 34.1 Å². The lowest BCUT2D eigenvalue weighted by Crippen LogP contribution is -2.33. The van der Waals surface area contributed by atoms with E-state index in [1.807, 2.05) is 0 Å². The Morgan fingerprint density at radius 1 is 0.897 bits per heavy atom. The zero-order chi connectivity index (χ0) is 21.4. The molecular formula is C21H22N2O6. The molecule has 0 atom stereocenters. The first kappa shape index (κ1) is 21.6. The van der Waals surface area contributed by atoms with Crippen molar-refractivity contribution in [2.75, 3.05) is 31.0 Å². The minimum Gasteiger partial charge on any atom is -0.465 e. The van der Waals surface area contributed by atoms with Gasteiger partial charge in [0.15, 0.2) is 0 Å². The van der Waals surface area contributed by atoms with Crippen LogP contribution in [0.4, 0.5) is 11.4 Å². The van der Waals surface area contributed by atoms with Crippen molar-refractivity contribution in [2.24, 2.45) is 0 Å². The van der Waals surface area contributed by atoms with Gasteiger partial charge in [-0.1, -0.05) is 12.1 Å². The van der Waals surface area contributed by atoms with Crippen LogP contribution in [0.25, 0.3) is 0 Å². The summed E-state index contributed by atoms with van der Waals surface area (Å²) >= 11 is 0. The number of carbonyl (C=O) groups excluding carboxylic acids is 4. The maximum absolute atomic E-state index is 12.3. The maximum Gasteiger partial charge on any atom is 0.339 e. The zero-order valence-electron chi connectivity index (χ0n) is 16.4. The third-order valence-corrected chi connectivity index (χ3v) is 4.13. The van der Waals surface area contributed by atoms with Crippen molar-refractivity contribution in [3.8, 4) is 0 Å². The van der Waals surface area contributed by atoms with Gasteiger partial charge in [-0.2, -0.15) is 0 Å². The maximum atomic E-state index is 12.3. The first-order valence-electron chi connectivity index (χ1n) is 8.81. The standard InChI is InChI=1S/C21H22N2O6/c1-14(24)23(18-7-5-4-6-17(18)21(27)29-3)13-12-19(25)22-16-10-8-15(9-11-16)20(26)28-2/h4-11H,12-13H2,1-3H3,(H,22,25). The number of hydrogen-bond acceptors (Lipinski definition) is 6. The molecule has 0 spiro atoms. The van der Waals surface area contributed by atoms with Crippen LogP contribution in [0.5, 0.6) is 0 Å². The number of esters is 2. The molecule has 0 aromatic heterocycles. The Morgan fingerprint density at radius 3 is 2.10 bits per heavy atom. The highest BCUT2D eigenvalue weighted by Gasteiger charge is 2.20. The van der Waals surface area contributed by atoms with Gasteiger partial charge in [0.25, 0.3) is 0 Å². The summed E-state index contributed by atoms with van der Waals surface area (Å²) in [7, 11) is 2.55. The van der Waals surface area contributed by atoms with Crippen molar-refractivity contribution in [3.05, 3.63) is 59.7 Å². The minimum absolute atomic E-state index is 0.00778. The summed E-state index contributed by atoms with van der Waals surface area (Å²) in [6, 6.07) is 12.8.